The van der Waals surface area contributed by atoms with Crippen LogP contribution in [0.15, 0.2) is 84.5 Å². The Morgan fingerprint density at radius 2 is 1.39 bits per heavy atom. The van der Waals surface area contributed by atoms with Crippen molar-refractivity contribution in [3.8, 4) is 16.9 Å². The van der Waals surface area contributed by atoms with Crippen LogP contribution in [0.5, 0.6) is 5.75 Å². The number of hydrogen-bond donors (Lipinski definition) is 2. The van der Waals surface area contributed by atoms with E-state index in [1.807, 2.05) is 6.92 Å². The van der Waals surface area contributed by atoms with Gasteiger partial charge in [0, 0.05) is 22.5 Å². The van der Waals surface area contributed by atoms with E-state index in [1.165, 1.54) is 62.5 Å². The standard InChI is InChI=1S/C49H68O7/c1-7-8-9-12-37-15-17-38(18-16-37)39-19-21-40(22-20-39)41-23-25-42(26-24-41)45-31-43(13-10-28-55-47(52)35(2)3)46(54-30-27-49(6,33-50)34-51)44(32-45)14-11-29-56-48(53)36(4)5/h19-21,23-26,31-32,37-38,40,50-51H,2,4,7-18,22,27-30,33-34H2,1,3,5-6H3. The van der Waals surface area contributed by atoms with Crippen LogP contribution in [0.4, 0.5) is 0 Å². The molecule has 2 aromatic carbocycles. The van der Waals surface area contributed by atoms with Gasteiger partial charge in [0.2, 0.25) is 0 Å². The van der Waals surface area contributed by atoms with Crippen LogP contribution in [0.3, 0.4) is 0 Å². The number of benzene rings is 2. The summed E-state index contributed by atoms with van der Waals surface area (Å²) in [6.07, 6.45) is 22.0. The fraction of sp³-hybridized carbons (Fsp3) is 0.551. The molecular formula is C49H68O7. The van der Waals surface area contributed by atoms with Crippen molar-refractivity contribution in [1.29, 1.82) is 0 Å². The minimum atomic E-state index is -0.673. The molecule has 1 saturated carbocycles. The maximum Gasteiger partial charge on any atom is 0.333 e. The van der Waals surface area contributed by atoms with E-state index in [9.17, 15) is 19.8 Å². The van der Waals surface area contributed by atoms with Crippen molar-refractivity contribution >= 4 is 11.9 Å². The van der Waals surface area contributed by atoms with Crippen LogP contribution in [-0.2, 0) is 31.9 Å². The van der Waals surface area contributed by atoms with E-state index in [2.05, 4.69) is 74.7 Å². The van der Waals surface area contributed by atoms with Gasteiger partial charge < -0.3 is 24.4 Å². The van der Waals surface area contributed by atoms with E-state index < -0.39 is 17.4 Å². The maximum absolute atomic E-state index is 12.1. The smallest absolute Gasteiger partial charge is 0.333 e. The van der Waals surface area contributed by atoms with Gasteiger partial charge >= 0.3 is 11.9 Å². The average molecular weight is 769 g/mol. The number of carbonyl (C=O) groups excluding carboxylic acids is 2. The lowest BCUT2D eigenvalue weighted by atomic mass is 9.75. The summed E-state index contributed by atoms with van der Waals surface area (Å²) in [4.78, 5) is 24.2. The molecule has 56 heavy (non-hydrogen) atoms. The quantitative estimate of drug-likeness (QED) is 0.0659. The Morgan fingerprint density at radius 3 is 1.89 bits per heavy atom. The Morgan fingerprint density at radius 1 is 0.804 bits per heavy atom. The maximum atomic E-state index is 12.1. The minimum Gasteiger partial charge on any atom is -0.493 e. The second-order valence-electron chi connectivity index (χ2n) is 16.6. The van der Waals surface area contributed by atoms with Crippen LogP contribution in [0.1, 0.15) is 127 Å². The molecule has 7 heteroatoms. The number of ether oxygens (including phenoxy) is 3. The highest BCUT2D eigenvalue weighted by Crippen LogP contribution is 2.40. The van der Waals surface area contributed by atoms with Crippen molar-refractivity contribution in [1.82, 2.24) is 0 Å². The SMILES string of the molecule is C=C(C)C(=O)OCCCc1cc(-c2ccc(C3C=CC(C4CCC(CCCCC)CC4)=CC3)cc2)cc(CCCOC(=O)C(=C)C)c1OCCC(C)(CO)CO. The highest BCUT2D eigenvalue weighted by molar-refractivity contribution is 5.87. The molecule has 0 saturated heterocycles. The van der Waals surface area contributed by atoms with Gasteiger partial charge in [0.05, 0.1) is 33.0 Å². The van der Waals surface area contributed by atoms with Crippen molar-refractivity contribution < 1.29 is 34.0 Å². The molecule has 2 aliphatic rings. The normalized spacial score (nSPS) is 18.2. The average Bonchev–Trinajstić information content (AvgIpc) is 3.21. The van der Waals surface area contributed by atoms with Crippen molar-refractivity contribution in [2.24, 2.45) is 17.3 Å². The number of unbranched alkanes of at least 4 members (excludes halogenated alkanes) is 2. The number of aliphatic hydroxyl groups excluding tert-OH is 2. The second kappa shape index (κ2) is 22.7. The highest BCUT2D eigenvalue weighted by Gasteiger charge is 2.25. The molecule has 0 amide bonds. The lowest BCUT2D eigenvalue weighted by Gasteiger charge is -2.31. The number of rotatable bonds is 23. The second-order valence-corrected chi connectivity index (χ2v) is 16.6. The molecule has 2 N–H and O–H groups in total. The predicted molar refractivity (Wildman–Crippen MR) is 227 cm³/mol. The summed E-state index contributed by atoms with van der Waals surface area (Å²) >= 11 is 0. The summed E-state index contributed by atoms with van der Waals surface area (Å²) in [5.41, 5.74) is 6.98. The number of aryl methyl sites for hydroxylation is 2. The fourth-order valence-corrected chi connectivity index (χ4v) is 7.76. The van der Waals surface area contributed by atoms with E-state index in [1.54, 1.807) is 13.8 Å². The van der Waals surface area contributed by atoms with Crippen LogP contribution in [-0.4, -0.2) is 55.2 Å². The zero-order valence-corrected chi connectivity index (χ0v) is 34.7. The zero-order valence-electron chi connectivity index (χ0n) is 34.7. The van der Waals surface area contributed by atoms with Crippen LogP contribution in [0, 0.1) is 17.3 Å². The van der Waals surface area contributed by atoms with Gasteiger partial charge in [-0.15, -0.1) is 0 Å². The van der Waals surface area contributed by atoms with E-state index in [0.29, 0.717) is 61.7 Å². The molecule has 0 bridgehead atoms. The van der Waals surface area contributed by atoms with Gasteiger partial charge in [0.25, 0.3) is 0 Å². The van der Waals surface area contributed by atoms with E-state index in [0.717, 1.165) is 40.3 Å². The topological polar surface area (TPSA) is 102 Å². The van der Waals surface area contributed by atoms with Crippen molar-refractivity contribution in [3.63, 3.8) is 0 Å². The van der Waals surface area contributed by atoms with Gasteiger partial charge in [-0.3, -0.25) is 0 Å². The number of allylic oxidation sites excluding steroid dienone is 4. The summed E-state index contributed by atoms with van der Waals surface area (Å²) in [7, 11) is 0. The largest absolute Gasteiger partial charge is 0.493 e. The number of esters is 2. The molecule has 0 spiro atoms. The summed E-state index contributed by atoms with van der Waals surface area (Å²) in [5, 5.41) is 19.8. The summed E-state index contributed by atoms with van der Waals surface area (Å²) in [5.74, 6) is 1.90. The summed E-state index contributed by atoms with van der Waals surface area (Å²) in [6, 6.07) is 13.2. The third-order valence-corrected chi connectivity index (χ3v) is 11.6. The monoisotopic (exact) mass is 768 g/mol. The first-order valence-electron chi connectivity index (χ1n) is 21.1. The van der Waals surface area contributed by atoms with Gasteiger partial charge in [0.15, 0.2) is 0 Å². The van der Waals surface area contributed by atoms with Crippen molar-refractivity contribution in [2.75, 3.05) is 33.0 Å². The molecule has 306 valence electrons. The Kier molecular flexibility index (Phi) is 18.2. The van der Waals surface area contributed by atoms with Gasteiger partial charge in [-0.05, 0) is 135 Å². The van der Waals surface area contributed by atoms with E-state index in [-0.39, 0.29) is 26.4 Å². The third kappa shape index (κ3) is 13.6. The Balaban J connectivity index is 1.52. The van der Waals surface area contributed by atoms with Crippen LogP contribution >= 0.6 is 0 Å². The molecule has 0 aliphatic heterocycles. The van der Waals surface area contributed by atoms with Gasteiger partial charge in [-0.25, -0.2) is 9.59 Å². The highest BCUT2D eigenvalue weighted by atomic mass is 16.5. The molecular weight excluding hydrogens is 701 g/mol. The number of hydrogen-bond acceptors (Lipinski definition) is 7. The minimum absolute atomic E-state index is 0.155. The molecule has 2 aliphatic carbocycles. The molecule has 0 aromatic heterocycles. The van der Waals surface area contributed by atoms with Crippen LogP contribution < -0.4 is 4.74 Å². The van der Waals surface area contributed by atoms with Crippen molar-refractivity contribution in [2.45, 2.75) is 124 Å². The van der Waals surface area contributed by atoms with E-state index in [4.69, 9.17) is 14.2 Å². The molecule has 1 unspecified atom stereocenters. The predicted octanol–water partition coefficient (Wildman–Crippen LogP) is 10.6. The third-order valence-electron chi connectivity index (χ3n) is 11.6. The van der Waals surface area contributed by atoms with Crippen LogP contribution in [0.2, 0.25) is 0 Å². The first kappa shape index (κ1) is 44.8. The number of carbonyl (C=O) groups is 2. The molecule has 4 rings (SSSR count). The van der Waals surface area contributed by atoms with E-state index >= 15 is 0 Å². The molecule has 1 fully saturated rings. The first-order valence-corrected chi connectivity index (χ1v) is 21.1. The van der Waals surface area contributed by atoms with Crippen molar-refractivity contribution in [3.05, 3.63) is 101 Å². The molecule has 1 atom stereocenters. The number of aliphatic hydroxyl groups is 2. The van der Waals surface area contributed by atoms with Gasteiger partial charge in [-0.2, -0.15) is 0 Å². The molecule has 0 heterocycles. The Hall–Kier alpha value is -3.94. The summed E-state index contributed by atoms with van der Waals surface area (Å²) in [6.45, 7) is 15.2. The fourth-order valence-electron chi connectivity index (χ4n) is 7.76. The molecule has 7 nitrogen and oxygen atoms in total. The molecule has 0 radical (unpaired) electrons. The zero-order chi connectivity index (χ0) is 40.5. The van der Waals surface area contributed by atoms with Gasteiger partial charge in [-0.1, -0.05) is 95.2 Å². The van der Waals surface area contributed by atoms with Gasteiger partial charge in [0.1, 0.15) is 5.75 Å². The van der Waals surface area contributed by atoms with Crippen LogP contribution in [0.25, 0.3) is 11.1 Å². The Labute approximate surface area is 336 Å². The lowest BCUT2D eigenvalue weighted by Crippen LogP contribution is -2.28. The lowest BCUT2D eigenvalue weighted by molar-refractivity contribution is -0.139. The first-order chi connectivity index (χ1) is 27.0. The Bertz CT molecular complexity index is 1600. The summed E-state index contributed by atoms with van der Waals surface area (Å²) < 4.78 is 17.3. The molecule has 2 aromatic rings.